The van der Waals surface area contributed by atoms with Gasteiger partial charge in [-0.2, -0.15) is 0 Å². The lowest BCUT2D eigenvalue weighted by Gasteiger charge is -2.23. The predicted octanol–water partition coefficient (Wildman–Crippen LogP) is 4.24. The van der Waals surface area contributed by atoms with Crippen LogP contribution in [0, 0.1) is 0 Å². The van der Waals surface area contributed by atoms with Gasteiger partial charge in [0.15, 0.2) is 0 Å². The van der Waals surface area contributed by atoms with Crippen molar-refractivity contribution in [1.82, 2.24) is 24.4 Å². The Morgan fingerprint density at radius 3 is 2.57 bits per heavy atom. The normalized spacial score (nSPS) is 15.6. The van der Waals surface area contributed by atoms with Crippen LogP contribution >= 0.6 is 11.3 Å². The standard InChI is InChI=1S/C22H25N5O2S/c1-22(2,3)21-17(24-25-27(21)14-7-9-15(29-4)10-8-14)19(28)18-20(13-5-6-13)30-16-11-23-12-26(16)18/h7-13,19,28H,5-6H2,1-4H3. The van der Waals surface area contributed by atoms with Crippen LogP contribution in [0.3, 0.4) is 0 Å². The number of ether oxygens (including phenoxy) is 1. The summed E-state index contributed by atoms with van der Waals surface area (Å²) < 4.78 is 9.10. The largest absolute Gasteiger partial charge is 0.497 e. The first-order valence-corrected chi connectivity index (χ1v) is 10.9. The highest BCUT2D eigenvalue weighted by Gasteiger charge is 2.36. The summed E-state index contributed by atoms with van der Waals surface area (Å²) >= 11 is 1.72. The maximum absolute atomic E-state index is 11.6. The van der Waals surface area contributed by atoms with Gasteiger partial charge in [0.25, 0.3) is 0 Å². The molecule has 7 nitrogen and oxygen atoms in total. The Labute approximate surface area is 179 Å². The maximum atomic E-state index is 11.6. The second kappa shape index (κ2) is 6.92. The van der Waals surface area contributed by atoms with E-state index in [9.17, 15) is 5.11 Å². The van der Waals surface area contributed by atoms with Gasteiger partial charge in [0.1, 0.15) is 28.7 Å². The Bertz CT molecular complexity index is 1190. The molecule has 1 unspecified atom stereocenters. The lowest BCUT2D eigenvalue weighted by Crippen LogP contribution is -2.21. The number of aliphatic hydroxyl groups is 1. The summed E-state index contributed by atoms with van der Waals surface area (Å²) in [5.41, 5.74) is 2.97. The van der Waals surface area contributed by atoms with E-state index in [-0.39, 0.29) is 5.41 Å². The smallest absolute Gasteiger partial charge is 0.141 e. The van der Waals surface area contributed by atoms with Crippen molar-refractivity contribution in [3.63, 3.8) is 0 Å². The fraction of sp³-hybridized carbons (Fsp3) is 0.409. The number of nitrogens with zero attached hydrogens (tertiary/aromatic N) is 5. The molecule has 156 valence electrons. The van der Waals surface area contributed by atoms with Gasteiger partial charge in [-0.05, 0) is 43.0 Å². The van der Waals surface area contributed by atoms with Crippen LogP contribution in [-0.2, 0) is 5.41 Å². The zero-order chi connectivity index (χ0) is 21.0. The molecule has 5 rings (SSSR count). The first kappa shape index (κ1) is 19.3. The Kier molecular flexibility index (Phi) is 4.44. The highest BCUT2D eigenvalue weighted by molar-refractivity contribution is 7.17. The molecular weight excluding hydrogens is 398 g/mol. The van der Waals surface area contributed by atoms with Gasteiger partial charge in [-0.1, -0.05) is 26.0 Å². The topological polar surface area (TPSA) is 77.5 Å². The Morgan fingerprint density at radius 1 is 1.20 bits per heavy atom. The van der Waals surface area contributed by atoms with Crippen LogP contribution in [-0.4, -0.2) is 36.6 Å². The molecule has 0 saturated heterocycles. The summed E-state index contributed by atoms with van der Waals surface area (Å²) in [6.07, 6.45) is 5.10. The fourth-order valence-electron chi connectivity index (χ4n) is 3.94. The van der Waals surface area contributed by atoms with Crippen LogP contribution < -0.4 is 4.74 Å². The maximum Gasteiger partial charge on any atom is 0.141 e. The molecule has 0 amide bonds. The van der Waals surface area contributed by atoms with Gasteiger partial charge >= 0.3 is 0 Å². The van der Waals surface area contributed by atoms with Gasteiger partial charge in [-0.15, -0.1) is 16.4 Å². The second-order valence-electron chi connectivity index (χ2n) is 8.81. The zero-order valence-corrected chi connectivity index (χ0v) is 18.3. The number of benzene rings is 1. The lowest BCUT2D eigenvalue weighted by atomic mass is 9.88. The van der Waals surface area contributed by atoms with E-state index >= 15 is 0 Å². The monoisotopic (exact) mass is 423 g/mol. The van der Waals surface area contributed by atoms with Crippen LogP contribution in [0.5, 0.6) is 5.75 Å². The summed E-state index contributed by atoms with van der Waals surface area (Å²) in [4.78, 5) is 6.55. The van der Waals surface area contributed by atoms with Crippen LogP contribution in [0.15, 0.2) is 36.8 Å². The highest BCUT2D eigenvalue weighted by atomic mass is 32.1. The van der Waals surface area contributed by atoms with E-state index in [1.807, 2.05) is 39.5 Å². The van der Waals surface area contributed by atoms with Crippen molar-refractivity contribution in [3.05, 3.63) is 58.7 Å². The van der Waals surface area contributed by atoms with Gasteiger partial charge in [0.05, 0.1) is 30.4 Å². The quantitative estimate of drug-likeness (QED) is 0.519. The molecule has 1 aliphatic rings. The van der Waals surface area contributed by atoms with Crippen molar-refractivity contribution in [2.24, 2.45) is 0 Å². The molecule has 1 N–H and O–H groups in total. The second-order valence-corrected chi connectivity index (χ2v) is 9.88. The number of thiazole rings is 1. The molecule has 4 aromatic rings. The van der Waals surface area contributed by atoms with Crippen molar-refractivity contribution in [2.45, 2.75) is 51.0 Å². The number of hydrogen-bond donors (Lipinski definition) is 1. The van der Waals surface area contributed by atoms with E-state index in [0.717, 1.165) is 27.7 Å². The van der Waals surface area contributed by atoms with Crippen molar-refractivity contribution in [1.29, 1.82) is 0 Å². The van der Waals surface area contributed by atoms with Gasteiger partial charge in [0, 0.05) is 10.3 Å². The summed E-state index contributed by atoms with van der Waals surface area (Å²) in [7, 11) is 1.65. The van der Waals surface area contributed by atoms with E-state index in [1.165, 1.54) is 17.7 Å². The minimum Gasteiger partial charge on any atom is -0.497 e. The van der Waals surface area contributed by atoms with Crippen LogP contribution in [0.25, 0.3) is 10.5 Å². The summed E-state index contributed by atoms with van der Waals surface area (Å²) in [6.45, 7) is 6.35. The van der Waals surface area contributed by atoms with Gasteiger partial charge in [-0.25, -0.2) is 9.67 Å². The number of fused-ring (bicyclic) bond motifs is 1. The number of aliphatic hydroxyl groups excluding tert-OH is 1. The number of hydrogen-bond acceptors (Lipinski definition) is 6. The van der Waals surface area contributed by atoms with Crippen molar-refractivity contribution in [2.75, 3.05) is 7.11 Å². The number of imidazole rings is 1. The minimum absolute atomic E-state index is 0.274. The van der Waals surface area contributed by atoms with E-state index in [0.29, 0.717) is 11.6 Å². The van der Waals surface area contributed by atoms with Gasteiger partial charge < -0.3 is 9.84 Å². The minimum atomic E-state index is -0.871. The number of aromatic nitrogens is 5. The molecule has 1 aliphatic carbocycles. The molecular formula is C22H25N5O2S. The molecule has 1 saturated carbocycles. The summed E-state index contributed by atoms with van der Waals surface area (Å²) in [6, 6.07) is 7.71. The van der Waals surface area contributed by atoms with E-state index in [2.05, 4.69) is 36.1 Å². The molecule has 3 aromatic heterocycles. The third kappa shape index (κ3) is 3.11. The Hall–Kier alpha value is -2.71. The summed E-state index contributed by atoms with van der Waals surface area (Å²) in [5.74, 6) is 1.31. The molecule has 1 atom stereocenters. The zero-order valence-electron chi connectivity index (χ0n) is 17.5. The molecule has 1 aromatic carbocycles. The van der Waals surface area contributed by atoms with Crippen LogP contribution in [0.4, 0.5) is 0 Å². The van der Waals surface area contributed by atoms with Crippen LogP contribution in [0.1, 0.15) is 67.6 Å². The van der Waals surface area contributed by atoms with Crippen molar-refractivity contribution in [3.8, 4) is 11.4 Å². The van der Waals surface area contributed by atoms with E-state index in [1.54, 1.807) is 24.8 Å². The molecule has 0 aliphatic heterocycles. The van der Waals surface area contributed by atoms with Crippen molar-refractivity contribution < 1.29 is 9.84 Å². The summed E-state index contributed by atoms with van der Waals surface area (Å²) in [5, 5.41) is 20.5. The Morgan fingerprint density at radius 2 is 1.93 bits per heavy atom. The SMILES string of the molecule is COc1ccc(-n2nnc(C(O)c3c(C4CC4)sc4cncn34)c2C(C)(C)C)cc1. The average molecular weight is 424 g/mol. The van der Waals surface area contributed by atoms with Gasteiger partial charge in [0.2, 0.25) is 0 Å². The average Bonchev–Trinajstić information content (AvgIpc) is 3.14. The first-order chi connectivity index (χ1) is 14.4. The molecule has 0 radical (unpaired) electrons. The highest BCUT2D eigenvalue weighted by Crippen LogP contribution is 2.48. The van der Waals surface area contributed by atoms with Crippen molar-refractivity contribution >= 4 is 16.2 Å². The van der Waals surface area contributed by atoms with Crippen LogP contribution in [0.2, 0.25) is 0 Å². The molecule has 30 heavy (non-hydrogen) atoms. The van der Waals surface area contributed by atoms with E-state index < -0.39 is 6.10 Å². The molecule has 1 fully saturated rings. The third-order valence-electron chi connectivity index (χ3n) is 5.52. The lowest BCUT2D eigenvalue weighted by molar-refractivity contribution is 0.205. The molecule has 0 bridgehead atoms. The first-order valence-electron chi connectivity index (χ1n) is 10.1. The van der Waals surface area contributed by atoms with E-state index in [4.69, 9.17) is 4.74 Å². The third-order valence-corrected chi connectivity index (χ3v) is 6.79. The number of methoxy groups -OCH3 is 1. The fourth-order valence-corrected chi connectivity index (χ4v) is 5.24. The Balaban J connectivity index is 1.65. The predicted molar refractivity (Wildman–Crippen MR) is 116 cm³/mol. The van der Waals surface area contributed by atoms with Gasteiger partial charge in [-0.3, -0.25) is 4.40 Å². The molecule has 3 heterocycles. The number of rotatable bonds is 5. The molecule has 0 spiro atoms. The molecule has 8 heteroatoms.